The lowest BCUT2D eigenvalue weighted by atomic mass is 10.2. The minimum atomic E-state index is -0.326. The number of thiazole rings is 1. The average Bonchev–Trinajstić information content (AvgIpc) is 3.08. The van der Waals surface area contributed by atoms with Crippen molar-refractivity contribution >= 4 is 40.2 Å². The Kier molecular flexibility index (Phi) is 6.62. The van der Waals surface area contributed by atoms with Gasteiger partial charge in [-0.15, -0.1) is 0 Å². The van der Waals surface area contributed by atoms with Crippen molar-refractivity contribution in [2.75, 3.05) is 5.73 Å². The third-order valence-electron chi connectivity index (χ3n) is 3.84. The molecule has 28 heavy (non-hydrogen) atoms. The molecule has 1 amide bonds. The molecule has 1 aromatic heterocycles. The van der Waals surface area contributed by atoms with Crippen molar-refractivity contribution in [3.8, 4) is 5.75 Å². The first-order valence-corrected chi connectivity index (χ1v) is 9.81. The van der Waals surface area contributed by atoms with E-state index >= 15 is 0 Å². The van der Waals surface area contributed by atoms with Gasteiger partial charge in [0.25, 0.3) is 5.91 Å². The summed E-state index contributed by atoms with van der Waals surface area (Å²) in [6.45, 7) is 2.28. The van der Waals surface area contributed by atoms with Crippen LogP contribution in [-0.4, -0.2) is 17.1 Å². The van der Waals surface area contributed by atoms with Crippen molar-refractivity contribution in [3.63, 3.8) is 0 Å². The van der Waals surface area contributed by atoms with Gasteiger partial charge >= 0.3 is 0 Å². The Morgan fingerprint density at radius 3 is 2.93 bits per heavy atom. The van der Waals surface area contributed by atoms with Crippen LogP contribution in [0.1, 0.15) is 33.4 Å². The number of anilines is 1. The van der Waals surface area contributed by atoms with Gasteiger partial charge < -0.3 is 10.5 Å². The molecular weight excluding hydrogens is 396 g/mol. The van der Waals surface area contributed by atoms with E-state index in [0.29, 0.717) is 39.5 Å². The quantitative estimate of drug-likeness (QED) is 0.446. The Balaban J connectivity index is 1.61. The summed E-state index contributed by atoms with van der Waals surface area (Å²) in [4.78, 5) is 16.9. The van der Waals surface area contributed by atoms with E-state index in [0.717, 1.165) is 22.5 Å². The van der Waals surface area contributed by atoms with E-state index in [2.05, 4.69) is 15.5 Å². The summed E-state index contributed by atoms with van der Waals surface area (Å²) in [5, 5.41) is 5.05. The summed E-state index contributed by atoms with van der Waals surface area (Å²) in [7, 11) is 0. The van der Waals surface area contributed by atoms with Crippen molar-refractivity contribution in [1.82, 2.24) is 10.4 Å². The zero-order chi connectivity index (χ0) is 19.9. The predicted molar refractivity (Wildman–Crippen MR) is 113 cm³/mol. The molecule has 0 saturated carbocycles. The van der Waals surface area contributed by atoms with Gasteiger partial charge in [0.15, 0.2) is 5.13 Å². The van der Waals surface area contributed by atoms with E-state index in [1.165, 1.54) is 0 Å². The molecule has 0 bridgehead atoms. The molecular formula is C20H19ClN4O2S. The Morgan fingerprint density at radius 1 is 1.32 bits per heavy atom. The van der Waals surface area contributed by atoms with Gasteiger partial charge in [0.05, 0.1) is 11.9 Å². The molecule has 3 aromatic rings. The van der Waals surface area contributed by atoms with E-state index in [-0.39, 0.29) is 5.91 Å². The predicted octanol–water partition coefficient (Wildman–Crippen LogP) is 4.28. The highest BCUT2D eigenvalue weighted by molar-refractivity contribution is 7.17. The summed E-state index contributed by atoms with van der Waals surface area (Å²) in [6, 6.07) is 14.9. The van der Waals surface area contributed by atoms with Crippen molar-refractivity contribution in [3.05, 3.63) is 75.3 Å². The number of hydrogen-bond donors (Lipinski definition) is 2. The van der Waals surface area contributed by atoms with E-state index < -0.39 is 0 Å². The molecule has 0 aliphatic carbocycles. The second-order valence-corrected chi connectivity index (χ2v) is 7.27. The number of aromatic nitrogens is 1. The molecule has 3 N–H and O–H groups in total. The van der Waals surface area contributed by atoms with E-state index in [1.54, 1.807) is 6.21 Å². The van der Waals surface area contributed by atoms with Crippen LogP contribution in [0.5, 0.6) is 5.75 Å². The van der Waals surface area contributed by atoms with E-state index in [1.807, 2.05) is 55.5 Å². The van der Waals surface area contributed by atoms with Gasteiger partial charge in [-0.05, 0) is 30.2 Å². The maximum absolute atomic E-state index is 12.2. The maximum atomic E-state index is 12.2. The Bertz CT molecular complexity index is 1000. The number of carbonyl (C=O) groups excluding carboxylic acids is 1. The Hall–Kier alpha value is -2.90. The number of amides is 1. The van der Waals surface area contributed by atoms with Gasteiger partial charge in [0.2, 0.25) is 0 Å². The normalized spacial score (nSPS) is 10.9. The number of halogens is 1. The maximum Gasteiger partial charge on any atom is 0.283 e. The summed E-state index contributed by atoms with van der Waals surface area (Å²) in [6.07, 6.45) is 2.18. The monoisotopic (exact) mass is 414 g/mol. The van der Waals surface area contributed by atoms with Crippen LogP contribution in [0, 0.1) is 0 Å². The second kappa shape index (κ2) is 9.34. The largest absolute Gasteiger partial charge is 0.489 e. The molecule has 0 spiro atoms. The van der Waals surface area contributed by atoms with Gasteiger partial charge in [-0.25, -0.2) is 10.4 Å². The number of rotatable bonds is 7. The highest BCUT2D eigenvalue weighted by Crippen LogP contribution is 2.21. The van der Waals surface area contributed by atoms with Crippen LogP contribution < -0.4 is 15.9 Å². The molecule has 2 aromatic carbocycles. The Labute approximate surface area is 172 Å². The topological polar surface area (TPSA) is 89.6 Å². The van der Waals surface area contributed by atoms with Gasteiger partial charge in [-0.1, -0.05) is 60.2 Å². The smallest absolute Gasteiger partial charge is 0.283 e. The lowest BCUT2D eigenvalue weighted by molar-refractivity contribution is 0.0958. The molecule has 0 aliphatic heterocycles. The van der Waals surface area contributed by atoms with Crippen molar-refractivity contribution in [1.29, 1.82) is 0 Å². The lowest BCUT2D eigenvalue weighted by Crippen LogP contribution is -2.17. The van der Waals surface area contributed by atoms with Crippen LogP contribution in [0.15, 0.2) is 53.6 Å². The highest BCUT2D eigenvalue weighted by atomic mass is 35.5. The highest BCUT2D eigenvalue weighted by Gasteiger charge is 2.15. The van der Waals surface area contributed by atoms with Crippen LogP contribution >= 0.6 is 22.9 Å². The number of nitrogen functional groups attached to an aromatic ring is 1. The number of nitrogens with zero attached hydrogens (tertiary/aromatic N) is 2. The number of ether oxygens (including phenoxy) is 1. The first kappa shape index (κ1) is 19.9. The number of nitrogens with two attached hydrogens (primary N) is 1. The minimum absolute atomic E-state index is 0.326. The summed E-state index contributed by atoms with van der Waals surface area (Å²) in [5.74, 6) is 0.354. The number of aryl methyl sites for hydroxylation is 1. The van der Waals surface area contributed by atoms with Gasteiger partial charge in [0.1, 0.15) is 17.2 Å². The number of hydrazone groups is 1. The lowest BCUT2D eigenvalue weighted by Gasteiger charge is -2.08. The third kappa shape index (κ3) is 5.09. The fourth-order valence-corrected chi connectivity index (χ4v) is 3.47. The van der Waals surface area contributed by atoms with Gasteiger partial charge in [0, 0.05) is 10.6 Å². The van der Waals surface area contributed by atoms with Crippen LogP contribution in [0.25, 0.3) is 0 Å². The number of hydrogen-bond acceptors (Lipinski definition) is 6. The first-order chi connectivity index (χ1) is 13.6. The first-order valence-electron chi connectivity index (χ1n) is 8.61. The summed E-state index contributed by atoms with van der Waals surface area (Å²) < 4.78 is 5.79. The number of carbonyl (C=O) groups is 1. The summed E-state index contributed by atoms with van der Waals surface area (Å²) >= 11 is 7.29. The second-order valence-electron chi connectivity index (χ2n) is 5.83. The zero-order valence-electron chi connectivity index (χ0n) is 15.2. The number of nitrogens with one attached hydrogen (secondary N) is 1. The van der Waals surface area contributed by atoms with Crippen LogP contribution in [0.3, 0.4) is 0 Å². The van der Waals surface area contributed by atoms with Gasteiger partial charge in [-0.2, -0.15) is 5.10 Å². The molecule has 0 atom stereocenters. The zero-order valence-corrected chi connectivity index (χ0v) is 16.8. The molecule has 0 aliphatic rings. The molecule has 0 saturated heterocycles. The van der Waals surface area contributed by atoms with Crippen LogP contribution in [0.2, 0.25) is 5.02 Å². The molecule has 0 radical (unpaired) electrons. The Morgan fingerprint density at radius 2 is 2.14 bits per heavy atom. The van der Waals surface area contributed by atoms with Gasteiger partial charge in [-0.3, -0.25) is 4.79 Å². The molecule has 0 fully saturated rings. The molecule has 1 heterocycles. The van der Waals surface area contributed by atoms with E-state index in [9.17, 15) is 4.79 Å². The van der Waals surface area contributed by atoms with Crippen molar-refractivity contribution in [2.24, 2.45) is 5.10 Å². The number of benzene rings is 2. The molecule has 6 nitrogen and oxygen atoms in total. The van der Waals surface area contributed by atoms with Crippen LogP contribution in [-0.2, 0) is 13.0 Å². The van der Waals surface area contributed by atoms with Crippen molar-refractivity contribution in [2.45, 2.75) is 20.0 Å². The fourth-order valence-electron chi connectivity index (χ4n) is 2.46. The minimum Gasteiger partial charge on any atom is -0.489 e. The molecule has 144 valence electrons. The SMILES string of the molecule is CCc1nc(N)sc1C(=O)N/N=C/c1cccc(OCc2ccccc2Cl)c1. The molecule has 0 unspecified atom stereocenters. The van der Waals surface area contributed by atoms with E-state index in [4.69, 9.17) is 22.1 Å². The summed E-state index contributed by atoms with van der Waals surface area (Å²) in [5.41, 5.74) is 10.6. The molecule has 3 rings (SSSR count). The standard InChI is InChI=1S/C20H19ClN4O2S/c1-2-17-18(28-20(22)24-17)19(26)25-23-11-13-6-5-8-15(10-13)27-12-14-7-3-4-9-16(14)21/h3-11H,2,12H2,1H3,(H2,22,24)(H,25,26)/b23-11+. The average molecular weight is 415 g/mol. The van der Waals surface area contributed by atoms with Crippen molar-refractivity contribution < 1.29 is 9.53 Å². The fraction of sp³-hybridized carbons (Fsp3) is 0.150. The molecule has 8 heteroatoms. The third-order valence-corrected chi connectivity index (χ3v) is 5.14. The van der Waals surface area contributed by atoms with Crippen LogP contribution in [0.4, 0.5) is 5.13 Å².